The van der Waals surface area contributed by atoms with E-state index >= 15 is 0 Å². The van der Waals surface area contributed by atoms with Gasteiger partial charge in [0.1, 0.15) is 5.54 Å². The number of aromatic nitrogens is 4. The number of amides is 3. The summed E-state index contributed by atoms with van der Waals surface area (Å²) in [7, 11) is 3.50. The Hall–Kier alpha value is -4.85. The summed E-state index contributed by atoms with van der Waals surface area (Å²) >= 11 is 0. The van der Waals surface area contributed by atoms with E-state index in [-0.39, 0.29) is 23.3 Å². The van der Waals surface area contributed by atoms with Crippen molar-refractivity contribution in [2.24, 2.45) is 0 Å². The molecular weight excluding hydrogens is 658 g/mol. The second-order valence-corrected chi connectivity index (χ2v) is 14.9. The fourth-order valence-electron chi connectivity index (χ4n) is 7.95. The van der Waals surface area contributed by atoms with Crippen LogP contribution in [0, 0.1) is 6.92 Å². The Balaban J connectivity index is 0.857. The third-order valence-corrected chi connectivity index (χ3v) is 11.3. The molecule has 1 spiro atoms. The van der Waals surface area contributed by atoms with Gasteiger partial charge in [-0.05, 0) is 68.0 Å². The van der Waals surface area contributed by atoms with Crippen LogP contribution in [0.15, 0.2) is 60.9 Å². The molecule has 272 valence electrons. The van der Waals surface area contributed by atoms with Gasteiger partial charge in [-0.2, -0.15) is 5.10 Å². The topological polar surface area (TPSA) is 130 Å². The molecule has 4 aromatic rings. The van der Waals surface area contributed by atoms with Gasteiger partial charge >= 0.3 is 0 Å². The Morgan fingerprint density at radius 1 is 0.865 bits per heavy atom. The van der Waals surface area contributed by atoms with Crippen LogP contribution in [-0.2, 0) is 29.9 Å². The third-order valence-electron chi connectivity index (χ3n) is 11.3. The van der Waals surface area contributed by atoms with Crippen LogP contribution < -0.4 is 10.6 Å². The molecule has 2 N–H and O–H groups in total. The molecular formula is C39H47N9O4. The standard InChI is InChI=1S/C39H47N9O4/c1-26-33(21-42-48(26)32-14-16-45(17-15-32)31-12-13-31)36(49)43-30-10-6-27(7-11-30)20-41-37(50)35-40-22-34-39(24-52-25-39)46(18-19-47(34)35)23-28-4-8-29(9-5-28)38(51)44(2)3/h4-11,21-22,31-32H,12-20,23-25H2,1-3H3,(H,41,50)(H,43,49). The van der Waals surface area contributed by atoms with E-state index in [1.807, 2.05) is 70.9 Å². The van der Waals surface area contributed by atoms with E-state index in [4.69, 9.17) is 4.74 Å². The number of ether oxygens (including phenoxy) is 1. The molecule has 1 aliphatic carbocycles. The lowest BCUT2D eigenvalue weighted by Gasteiger charge is -2.52. The van der Waals surface area contributed by atoms with Crippen molar-refractivity contribution in [3.05, 3.63) is 100 Å². The zero-order chi connectivity index (χ0) is 36.0. The number of piperidine rings is 1. The van der Waals surface area contributed by atoms with Gasteiger partial charge < -0.3 is 29.7 Å². The molecule has 3 fully saturated rings. The SMILES string of the molecule is Cc1c(C(=O)Nc2ccc(CNC(=O)c3ncc4n3CCN(Cc3ccc(C(=O)N(C)C)cc3)C43COC3)cc2)cnn1C1CCN(C2CC2)CC1. The summed E-state index contributed by atoms with van der Waals surface area (Å²) in [6, 6.07) is 16.4. The van der Waals surface area contributed by atoms with Gasteiger partial charge in [-0.3, -0.25) is 24.0 Å². The number of hydrogen-bond acceptors (Lipinski definition) is 8. The van der Waals surface area contributed by atoms with Crippen LogP contribution in [0.5, 0.6) is 0 Å². The molecule has 0 radical (unpaired) electrons. The van der Waals surface area contributed by atoms with Gasteiger partial charge in [-0.1, -0.05) is 24.3 Å². The molecule has 0 bridgehead atoms. The van der Waals surface area contributed by atoms with Gasteiger partial charge in [-0.25, -0.2) is 4.98 Å². The largest absolute Gasteiger partial charge is 0.377 e. The molecule has 3 amide bonds. The smallest absolute Gasteiger partial charge is 0.287 e. The summed E-state index contributed by atoms with van der Waals surface area (Å²) in [5, 5.41) is 10.7. The number of nitrogens with zero attached hydrogens (tertiary/aromatic N) is 7. The van der Waals surface area contributed by atoms with Gasteiger partial charge in [0.25, 0.3) is 17.7 Å². The zero-order valence-electron chi connectivity index (χ0n) is 30.2. The number of nitrogens with one attached hydrogen (secondary N) is 2. The Labute approximate surface area is 303 Å². The number of fused-ring (bicyclic) bond motifs is 2. The lowest BCUT2D eigenvalue weighted by Crippen LogP contribution is -2.63. The number of benzene rings is 2. The summed E-state index contributed by atoms with van der Waals surface area (Å²) in [6.45, 7) is 7.62. The Morgan fingerprint density at radius 3 is 2.23 bits per heavy atom. The molecule has 13 nitrogen and oxygen atoms in total. The van der Waals surface area contributed by atoms with E-state index < -0.39 is 0 Å². The average molecular weight is 706 g/mol. The summed E-state index contributed by atoms with van der Waals surface area (Å²) in [4.78, 5) is 50.1. The van der Waals surface area contributed by atoms with Gasteiger partial charge in [0.2, 0.25) is 0 Å². The van der Waals surface area contributed by atoms with Crippen LogP contribution in [0.4, 0.5) is 5.69 Å². The molecule has 2 aromatic heterocycles. The number of hydrogen-bond donors (Lipinski definition) is 2. The van der Waals surface area contributed by atoms with Crippen molar-refractivity contribution in [3.8, 4) is 0 Å². The second-order valence-electron chi connectivity index (χ2n) is 14.9. The van der Waals surface area contributed by atoms with Crippen LogP contribution >= 0.6 is 0 Å². The van der Waals surface area contributed by atoms with Gasteiger partial charge in [0, 0.05) is 76.4 Å². The lowest BCUT2D eigenvalue weighted by atomic mass is 9.88. The highest BCUT2D eigenvalue weighted by Gasteiger charge is 2.50. The summed E-state index contributed by atoms with van der Waals surface area (Å²) in [5.74, 6) is -0.0415. The van der Waals surface area contributed by atoms with Crippen molar-refractivity contribution >= 4 is 23.4 Å². The minimum absolute atomic E-state index is 0.0202. The quantitative estimate of drug-likeness (QED) is 0.255. The average Bonchev–Trinajstić information content (AvgIpc) is 3.78. The minimum atomic E-state index is -0.354. The Kier molecular flexibility index (Phi) is 9.18. The first kappa shape index (κ1) is 34.2. The first-order valence-corrected chi connectivity index (χ1v) is 18.4. The van der Waals surface area contributed by atoms with Crippen LogP contribution in [0.2, 0.25) is 0 Å². The monoisotopic (exact) mass is 705 g/mol. The van der Waals surface area contributed by atoms with Crippen molar-refractivity contribution in [1.82, 2.24) is 39.3 Å². The van der Waals surface area contributed by atoms with Crippen molar-refractivity contribution < 1.29 is 19.1 Å². The van der Waals surface area contributed by atoms with Crippen molar-refractivity contribution in [3.63, 3.8) is 0 Å². The summed E-state index contributed by atoms with van der Waals surface area (Å²) in [5.41, 5.74) is 5.48. The molecule has 13 heteroatoms. The second kappa shape index (κ2) is 13.9. The van der Waals surface area contributed by atoms with Crippen molar-refractivity contribution in [2.75, 3.05) is 52.3 Å². The maximum Gasteiger partial charge on any atom is 0.287 e. The summed E-state index contributed by atoms with van der Waals surface area (Å²) < 4.78 is 9.79. The normalized spacial score (nSPS) is 18.8. The molecule has 52 heavy (non-hydrogen) atoms. The minimum Gasteiger partial charge on any atom is -0.377 e. The highest BCUT2D eigenvalue weighted by molar-refractivity contribution is 6.04. The predicted molar refractivity (Wildman–Crippen MR) is 195 cm³/mol. The van der Waals surface area contributed by atoms with Crippen LogP contribution in [-0.4, -0.2) is 105 Å². The Morgan fingerprint density at radius 2 is 1.58 bits per heavy atom. The molecule has 3 aliphatic heterocycles. The highest BCUT2D eigenvalue weighted by Crippen LogP contribution is 2.40. The van der Waals surface area contributed by atoms with E-state index in [2.05, 4.69) is 30.5 Å². The molecule has 4 aliphatic rings. The maximum atomic E-state index is 13.4. The summed E-state index contributed by atoms with van der Waals surface area (Å²) in [6.07, 6.45) is 8.28. The van der Waals surface area contributed by atoms with E-state index in [1.165, 1.54) is 12.8 Å². The fraction of sp³-hybridized carbons (Fsp3) is 0.462. The predicted octanol–water partition coefficient (Wildman–Crippen LogP) is 3.81. The van der Waals surface area contributed by atoms with Crippen LogP contribution in [0.1, 0.15) is 85.6 Å². The number of imidazole rings is 1. The molecule has 0 unspecified atom stereocenters. The lowest BCUT2D eigenvalue weighted by molar-refractivity contribution is -0.162. The molecule has 0 atom stereocenters. The number of rotatable bonds is 10. The van der Waals surface area contributed by atoms with Gasteiger partial charge in [0.05, 0.1) is 42.9 Å². The third kappa shape index (κ3) is 6.52. The maximum absolute atomic E-state index is 13.4. The number of anilines is 1. The molecule has 2 saturated heterocycles. The molecule has 5 heterocycles. The molecule has 8 rings (SSSR count). The van der Waals surface area contributed by atoms with E-state index in [1.54, 1.807) is 25.2 Å². The zero-order valence-corrected chi connectivity index (χ0v) is 30.2. The number of likely N-dealkylation sites (tertiary alicyclic amines) is 1. The fourth-order valence-corrected chi connectivity index (χ4v) is 7.95. The molecule has 1 saturated carbocycles. The number of carbonyl (C=O) groups excluding carboxylic acids is 3. The van der Waals surface area contributed by atoms with Crippen molar-refractivity contribution in [2.45, 2.75) is 69.9 Å². The Bertz CT molecular complexity index is 1950. The van der Waals surface area contributed by atoms with E-state index in [9.17, 15) is 14.4 Å². The van der Waals surface area contributed by atoms with Crippen LogP contribution in [0.3, 0.4) is 0 Å². The van der Waals surface area contributed by atoms with E-state index in [0.717, 1.165) is 61.0 Å². The first-order chi connectivity index (χ1) is 25.2. The van der Waals surface area contributed by atoms with E-state index in [0.29, 0.717) is 61.5 Å². The van der Waals surface area contributed by atoms with Gasteiger partial charge in [-0.15, -0.1) is 0 Å². The highest BCUT2D eigenvalue weighted by atomic mass is 16.5. The van der Waals surface area contributed by atoms with Crippen molar-refractivity contribution in [1.29, 1.82) is 0 Å². The van der Waals surface area contributed by atoms with Crippen LogP contribution in [0.25, 0.3) is 0 Å². The molecule has 2 aromatic carbocycles. The van der Waals surface area contributed by atoms with Gasteiger partial charge in [0.15, 0.2) is 5.82 Å². The first-order valence-electron chi connectivity index (χ1n) is 18.4. The number of carbonyl (C=O) groups is 3.